The minimum absolute atomic E-state index is 0.244. The standard InChI is InChI=1S/C23H21N3O2S/c1-15-9-10-18(17-11-12-24-21(15)17)25-22(27)19(14-16-6-3-2-4-7-16)26-23(28)20-8-5-13-29-20/h2-13,19,24H,14H2,1H3,(H,25,27)(H,26,28). The molecule has 0 radical (unpaired) electrons. The van der Waals surface area contributed by atoms with E-state index in [-0.39, 0.29) is 11.8 Å². The molecule has 0 aliphatic carbocycles. The predicted octanol–water partition coefficient (Wildman–Crippen LogP) is 4.52. The average Bonchev–Trinajstić information content (AvgIpc) is 3.43. The quantitative estimate of drug-likeness (QED) is 0.443. The molecule has 2 amide bonds. The molecule has 0 aliphatic heterocycles. The molecular weight excluding hydrogens is 382 g/mol. The van der Waals surface area contributed by atoms with Gasteiger partial charge in [-0.3, -0.25) is 9.59 Å². The lowest BCUT2D eigenvalue weighted by molar-refractivity contribution is -0.118. The lowest BCUT2D eigenvalue weighted by Gasteiger charge is -2.19. The third-order valence-electron chi connectivity index (χ3n) is 4.84. The summed E-state index contributed by atoms with van der Waals surface area (Å²) in [5.74, 6) is -0.489. The first-order valence-corrected chi connectivity index (χ1v) is 10.3. The smallest absolute Gasteiger partial charge is 0.262 e. The highest BCUT2D eigenvalue weighted by Gasteiger charge is 2.23. The molecule has 3 N–H and O–H groups in total. The highest BCUT2D eigenvalue weighted by atomic mass is 32.1. The molecule has 6 heteroatoms. The van der Waals surface area contributed by atoms with Gasteiger partial charge in [-0.2, -0.15) is 0 Å². The number of amides is 2. The van der Waals surface area contributed by atoms with Crippen LogP contribution >= 0.6 is 11.3 Å². The number of aromatic amines is 1. The monoisotopic (exact) mass is 403 g/mol. The minimum atomic E-state index is -0.692. The van der Waals surface area contributed by atoms with E-state index in [0.717, 1.165) is 27.7 Å². The van der Waals surface area contributed by atoms with Gasteiger partial charge >= 0.3 is 0 Å². The van der Waals surface area contributed by atoms with Crippen LogP contribution in [0.15, 0.2) is 72.2 Å². The Balaban J connectivity index is 1.58. The number of aryl methyl sites for hydroxylation is 1. The molecule has 4 rings (SSSR count). The lowest BCUT2D eigenvalue weighted by atomic mass is 10.0. The first-order valence-electron chi connectivity index (χ1n) is 9.37. The van der Waals surface area contributed by atoms with Crippen LogP contribution < -0.4 is 10.6 Å². The Morgan fingerprint density at radius 2 is 1.86 bits per heavy atom. The summed E-state index contributed by atoms with van der Waals surface area (Å²) in [5.41, 5.74) is 3.80. The minimum Gasteiger partial charge on any atom is -0.361 e. The van der Waals surface area contributed by atoms with Gasteiger partial charge in [-0.1, -0.05) is 42.5 Å². The Morgan fingerprint density at radius 3 is 2.62 bits per heavy atom. The van der Waals surface area contributed by atoms with Crippen molar-refractivity contribution < 1.29 is 9.59 Å². The van der Waals surface area contributed by atoms with Crippen LogP contribution in [0.4, 0.5) is 5.69 Å². The predicted molar refractivity (Wildman–Crippen MR) is 117 cm³/mol. The number of benzene rings is 2. The van der Waals surface area contributed by atoms with Crippen LogP contribution in [-0.4, -0.2) is 22.8 Å². The number of hydrogen-bond donors (Lipinski definition) is 3. The highest BCUT2D eigenvalue weighted by Crippen LogP contribution is 2.25. The number of fused-ring (bicyclic) bond motifs is 1. The summed E-state index contributed by atoms with van der Waals surface area (Å²) >= 11 is 1.35. The number of nitrogens with one attached hydrogen (secondary N) is 3. The van der Waals surface area contributed by atoms with Gasteiger partial charge in [0.2, 0.25) is 5.91 Å². The molecule has 0 spiro atoms. The SMILES string of the molecule is Cc1ccc(NC(=O)C(Cc2ccccc2)NC(=O)c2cccs2)c2cc[nH]c12. The second kappa shape index (κ2) is 8.32. The van der Waals surface area contributed by atoms with Crippen LogP contribution in [0.1, 0.15) is 20.8 Å². The van der Waals surface area contributed by atoms with Gasteiger partial charge in [0.05, 0.1) is 16.1 Å². The van der Waals surface area contributed by atoms with Crippen LogP contribution in [0.5, 0.6) is 0 Å². The Morgan fingerprint density at radius 1 is 1.03 bits per heavy atom. The van der Waals surface area contributed by atoms with Crippen LogP contribution in [0.3, 0.4) is 0 Å². The topological polar surface area (TPSA) is 74.0 Å². The van der Waals surface area contributed by atoms with Crippen molar-refractivity contribution in [3.8, 4) is 0 Å². The highest BCUT2D eigenvalue weighted by molar-refractivity contribution is 7.12. The molecule has 1 atom stereocenters. The van der Waals surface area contributed by atoms with E-state index in [1.165, 1.54) is 11.3 Å². The van der Waals surface area contributed by atoms with Crippen LogP contribution in [0, 0.1) is 6.92 Å². The Bertz CT molecular complexity index is 1130. The van der Waals surface area contributed by atoms with E-state index in [2.05, 4.69) is 15.6 Å². The summed E-state index contributed by atoms with van der Waals surface area (Å²) < 4.78 is 0. The molecule has 1 unspecified atom stereocenters. The van der Waals surface area contributed by atoms with Gasteiger partial charge in [0.1, 0.15) is 6.04 Å². The van der Waals surface area contributed by atoms with Gasteiger partial charge in [-0.05, 0) is 41.6 Å². The Kier molecular flexibility index (Phi) is 5.44. The van der Waals surface area contributed by atoms with Crippen LogP contribution in [0.25, 0.3) is 10.9 Å². The normalized spacial score (nSPS) is 11.9. The number of thiophene rings is 1. The second-order valence-corrected chi connectivity index (χ2v) is 7.83. The number of rotatable bonds is 6. The van der Waals surface area contributed by atoms with E-state index >= 15 is 0 Å². The Hall–Kier alpha value is -3.38. The summed E-state index contributed by atoms with van der Waals surface area (Å²) in [4.78, 5) is 29.5. The zero-order chi connectivity index (χ0) is 20.2. The van der Waals surface area contributed by atoms with Gasteiger partial charge in [0.25, 0.3) is 5.91 Å². The van der Waals surface area contributed by atoms with E-state index in [9.17, 15) is 9.59 Å². The fourth-order valence-corrected chi connectivity index (χ4v) is 3.95. The van der Waals surface area contributed by atoms with Gasteiger partial charge in [0, 0.05) is 18.0 Å². The van der Waals surface area contributed by atoms with Gasteiger partial charge in [0.15, 0.2) is 0 Å². The molecule has 0 saturated carbocycles. The average molecular weight is 404 g/mol. The van der Waals surface area contributed by atoms with Gasteiger partial charge < -0.3 is 15.6 Å². The zero-order valence-electron chi connectivity index (χ0n) is 15.9. The van der Waals surface area contributed by atoms with Crippen molar-refractivity contribution >= 4 is 39.7 Å². The molecule has 0 saturated heterocycles. The number of H-pyrrole nitrogens is 1. The molecule has 5 nitrogen and oxygen atoms in total. The Labute approximate surface area is 172 Å². The van der Waals surface area contributed by atoms with Crippen molar-refractivity contribution in [1.82, 2.24) is 10.3 Å². The van der Waals surface area contributed by atoms with E-state index in [0.29, 0.717) is 11.3 Å². The maximum Gasteiger partial charge on any atom is 0.262 e. The van der Waals surface area contributed by atoms with Crippen molar-refractivity contribution in [3.63, 3.8) is 0 Å². The summed E-state index contributed by atoms with van der Waals surface area (Å²) in [6.07, 6.45) is 2.26. The van der Waals surface area contributed by atoms with E-state index in [1.54, 1.807) is 6.07 Å². The number of carbonyl (C=O) groups is 2. The molecule has 2 aromatic carbocycles. The number of anilines is 1. The maximum absolute atomic E-state index is 13.1. The number of aromatic nitrogens is 1. The molecule has 2 heterocycles. The first kappa shape index (κ1) is 19.0. The molecule has 0 bridgehead atoms. The fourth-order valence-electron chi connectivity index (χ4n) is 3.33. The fraction of sp³-hybridized carbons (Fsp3) is 0.130. The summed E-state index contributed by atoms with van der Waals surface area (Å²) in [6.45, 7) is 2.02. The molecule has 146 valence electrons. The number of hydrogen-bond acceptors (Lipinski definition) is 3. The van der Waals surface area contributed by atoms with Crippen molar-refractivity contribution in [2.45, 2.75) is 19.4 Å². The van der Waals surface area contributed by atoms with Crippen molar-refractivity contribution in [2.24, 2.45) is 0 Å². The zero-order valence-corrected chi connectivity index (χ0v) is 16.8. The van der Waals surface area contributed by atoms with Crippen LogP contribution in [-0.2, 0) is 11.2 Å². The van der Waals surface area contributed by atoms with Crippen LogP contribution in [0.2, 0.25) is 0 Å². The second-order valence-electron chi connectivity index (χ2n) is 6.88. The summed E-state index contributed by atoms with van der Waals surface area (Å²) in [6, 6.07) is 18.4. The van der Waals surface area contributed by atoms with E-state index in [1.807, 2.05) is 73.1 Å². The molecule has 0 fully saturated rings. The molecule has 4 aromatic rings. The molecular formula is C23H21N3O2S. The first-order chi connectivity index (χ1) is 14.1. The van der Waals surface area contributed by atoms with E-state index in [4.69, 9.17) is 0 Å². The van der Waals surface area contributed by atoms with Gasteiger partial charge in [-0.25, -0.2) is 0 Å². The van der Waals surface area contributed by atoms with Crippen molar-refractivity contribution in [3.05, 3.63) is 88.2 Å². The largest absolute Gasteiger partial charge is 0.361 e. The maximum atomic E-state index is 13.1. The van der Waals surface area contributed by atoms with Gasteiger partial charge in [-0.15, -0.1) is 11.3 Å². The van der Waals surface area contributed by atoms with Crippen molar-refractivity contribution in [2.75, 3.05) is 5.32 Å². The third kappa shape index (κ3) is 4.22. The third-order valence-corrected chi connectivity index (χ3v) is 5.71. The molecule has 29 heavy (non-hydrogen) atoms. The molecule has 2 aromatic heterocycles. The van der Waals surface area contributed by atoms with Crippen molar-refractivity contribution in [1.29, 1.82) is 0 Å². The molecule has 0 aliphatic rings. The van der Waals surface area contributed by atoms with E-state index < -0.39 is 6.04 Å². The lowest BCUT2D eigenvalue weighted by Crippen LogP contribution is -2.45. The summed E-state index contributed by atoms with van der Waals surface area (Å²) in [7, 11) is 0. The number of carbonyl (C=O) groups excluding carboxylic acids is 2. The summed E-state index contributed by atoms with van der Waals surface area (Å²) in [5, 5.41) is 8.68.